The van der Waals surface area contributed by atoms with E-state index in [9.17, 15) is 4.79 Å². The molecule has 0 heterocycles. The smallest absolute Gasteiger partial charge is 0.223 e. The SMILES string of the molecule is CCC(NC(=O)C1CCCCC1)c1ccccc1S. The second-order valence-corrected chi connectivity index (χ2v) is 5.84. The van der Waals surface area contributed by atoms with Crippen LogP contribution in [0.4, 0.5) is 0 Å². The number of benzene rings is 1. The number of rotatable bonds is 4. The van der Waals surface area contributed by atoms with Gasteiger partial charge in [0.2, 0.25) is 5.91 Å². The van der Waals surface area contributed by atoms with Gasteiger partial charge in [-0.15, -0.1) is 12.6 Å². The molecule has 1 N–H and O–H groups in total. The normalized spacial score (nSPS) is 18.0. The summed E-state index contributed by atoms with van der Waals surface area (Å²) in [7, 11) is 0. The molecule has 0 bridgehead atoms. The molecule has 1 atom stereocenters. The first kappa shape index (κ1) is 14.4. The van der Waals surface area contributed by atoms with Gasteiger partial charge in [0.15, 0.2) is 0 Å². The van der Waals surface area contributed by atoms with E-state index in [1.54, 1.807) is 0 Å². The molecular formula is C16H23NOS. The van der Waals surface area contributed by atoms with E-state index in [1.165, 1.54) is 19.3 Å². The van der Waals surface area contributed by atoms with Crippen molar-refractivity contribution in [1.29, 1.82) is 0 Å². The van der Waals surface area contributed by atoms with Gasteiger partial charge in [0.25, 0.3) is 0 Å². The van der Waals surface area contributed by atoms with Crippen molar-refractivity contribution in [1.82, 2.24) is 5.32 Å². The molecule has 0 saturated heterocycles. The quantitative estimate of drug-likeness (QED) is 0.796. The van der Waals surface area contributed by atoms with Crippen LogP contribution >= 0.6 is 12.6 Å². The molecule has 1 amide bonds. The predicted octanol–water partition coefficient (Wildman–Crippen LogP) is 4.12. The summed E-state index contributed by atoms with van der Waals surface area (Å²) < 4.78 is 0. The number of hydrogen-bond donors (Lipinski definition) is 2. The van der Waals surface area contributed by atoms with E-state index < -0.39 is 0 Å². The summed E-state index contributed by atoms with van der Waals surface area (Å²) in [6.07, 6.45) is 6.65. The van der Waals surface area contributed by atoms with Crippen molar-refractivity contribution in [2.75, 3.05) is 0 Å². The van der Waals surface area contributed by atoms with E-state index in [-0.39, 0.29) is 17.9 Å². The van der Waals surface area contributed by atoms with Crippen LogP contribution in [-0.4, -0.2) is 5.91 Å². The van der Waals surface area contributed by atoms with Crippen molar-refractivity contribution in [3.63, 3.8) is 0 Å². The van der Waals surface area contributed by atoms with E-state index in [0.717, 1.165) is 29.7 Å². The van der Waals surface area contributed by atoms with Gasteiger partial charge in [0, 0.05) is 10.8 Å². The van der Waals surface area contributed by atoms with Gasteiger partial charge >= 0.3 is 0 Å². The van der Waals surface area contributed by atoms with Crippen LogP contribution in [-0.2, 0) is 4.79 Å². The molecule has 2 nitrogen and oxygen atoms in total. The second-order valence-electron chi connectivity index (χ2n) is 5.36. The van der Waals surface area contributed by atoms with Crippen LogP contribution in [0.25, 0.3) is 0 Å². The minimum Gasteiger partial charge on any atom is -0.349 e. The number of thiol groups is 1. The third kappa shape index (κ3) is 3.75. The average Bonchev–Trinajstić information content (AvgIpc) is 2.46. The maximum absolute atomic E-state index is 12.3. The Morgan fingerprint density at radius 2 is 2.00 bits per heavy atom. The van der Waals surface area contributed by atoms with Crippen molar-refractivity contribution in [3.05, 3.63) is 29.8 Å². The summed E-state index contributed by atoms with van der Waals surface area (Å²) in [5.74, 6) is 0.443. The molecule has 104 valence electrons. The Hall–Kier alpha value is -0.960. The fourth-order valence-corrected chi connectivity index (χ4v) is 3.15. The van der Waals surface area contributed by atoms with Crippen molar-refractivity contribution < 1.29 is 4.79 Å². The lowest BCUT2D eigenvalue weighted by Gasteiger charge is -2.25. The zero-order valence-corrected chi connectivity index (χ0v) is 12.5. The summed E-state index contributed by atoms with van der Waals surface area (Å²) in [6, 6.07) is 8.10. The van der Waals surface area contributed by atoms with E-state index in [1.807, 2.05) is 18.2 Å². The Labute approximate surface area is 121 Å². The fraction of sp³-hybridized carbons (Fsp3) is 0.562. The molecule has 19 heavy (non-hydrogen) atoms. The van der Waals surface area contributed by atoms with Crippen LogP contribution in [0.15, 0.2) is 29.2 Å². The topological polar surface area (TPSA) is 29.1 Å². The van der Waals surface area contributed by atoms with Gasteiger partial charge in [0.1, 0.15) is 0 Å². The molecule has 1 aliphatic rings. The highest BCUT2D eigenvalue weighted by Crippen LogP contribution is 2.27. The number of hydrogen-bond acceptors (Lipinski definition) is 2. The molecular weight excluding hydrogens is 254 g/mol. The first-order valence-electron chi connectivity index (χ1n) is 7.30. The van der Waals surface area contributed by atoms with Crippen LogP contribution < -0.4 is 5.32 Å². The highest BCUT2D eigenvalue weighted by atomic mass is 32.1. The van der Waals surface area contributed by atoms with Crippen molar-refractivity contribution in [2.24, 2.45) is 5.92 Å². The lowest BCUT2D eigenvalue weighted by Crippen LogP contribution is -2.34. The first-order valence-corrected chi connectivity index (χ1v) is 7.75. The third-order valence-corrected chi connectivity index (χ3v) is 4.42. The van der Waals surface area contributed by atoms with Gasteiger partial charge in [-0.1, -0.05) is 44.4 Å². The number of amides is 1. The summed E-state index contributed by atoms with van der Waals surface area (Å²) in [4.78, 5) is 13.3. The molecule has 1 aromatic carbocycles. The zero-order chi connectivity index (χ0) is 13.7. The van der Waals surface area contributed by atoms with Crippen molar-refractivity contribution in [3.8, 4) is 0 Å². The van der Waals surface area contributed by atoms with Gasteiger partial charge in [-0.2, -0.15) is 0 Å². The maximum Gasteiger partial charge on any atom is 0.223 e. The molecule has 1 unspecified atom stereocenters. The molecule has 2 rings (SSSR count). The van der Waals surface area contributed by atoms with Crippen LogP contribution in [0.2, 0.25) is 0 Å². The second kappa shape index (κ2) is 6.99. The van der Waals surface area contributed by atoms with Crippen LogP contribution in [0.1, 0.15) is 57.1 Å². The Morgan fingerprint density at radius 3 is 2.63 bits per heavy atom. The maximum atomic E-state index is 12.3. The Balaban J connectivity index is 2.02. The molecule has 1 fully saturated rings. The third-order valence-electron chi connectivity index (χ3n) is 4.01. The van der Waals surface area contributed by atoms with Crippen LogP contribution in [0.5, 0.6) is 0 Å². The number of carbonyl (C=O) groups is 1. The molecule has 1 aliphatic carbocycles. The Bertz CT molecular complexity index is 427. The van der Waals surface area contributed by atoms with Gasteiger partial charge in [-0.05, 0) is 30.9 Å². The number of nitrogens with one attached hydrogen (secondary N) is 1. The minimum atomic E-state index is 0.0862. The fourth-order valence-electron chi connectivity index (χ4n) is 2.84. The average molecular weight is 277 g/mol. The molecule has 0 spiro atoms. The molecule has 1 aromatic rings. The van der Waals surface area contributed by atoms with Gasteiger partial charge in [-0.3, -0.25) is 4.79 Å². The lowest BCUT2D eigenvalue weighted by atomic mass is 9.88. The minimum absolute atomic E-state index is 0.0862. The van der Waals surface area contributed by atoms with E-state index in [4.69, 9.17) is 0 Å². The largest absolute Gasteiger partial charge is 0.349 e. The lowest BCUT2D eigenvalue weighted by molar-refractivity contribution is -0.126. The molecule has 1 saturated carbocycles. The van der Waals surface area contributed by atoms with E-state index >= 15 is 0 Å². The van der Waals surface area contributed by atoms with Crippen molar-refractivity contribution in [2.45, 2.75) is 56.4 Å². The van der Waals surface area contributed by atoms with E-state index in [2.05, 4.69) is 30.9 Å². The molecule has 0 radical (unpaired) electrons. The highest BCUT2D eigenvalue weighted by Gasteiger charge is 2.23. The first-order chi connectivity index (χ1) is 9.22. The predicted molar refractivity (Wildman–Crippen MR) is 81.4 cm³/mol. The van der Waals surface area contributed by atoms with Crippen LogP contribution in [0.3, 0.4) is 0 Å². The van der Waals surface area contributed by atoms with Crippen molar-refractivity contribution >= 4 is 18.5 Å². The molecule has 3 heteroatoms. The Kier molecular flexibility index (Phi) is 5.32. The van der Waals surface area contributed by atoms with Crippen LogP contribution in [0, 0.1) is 5.92 Å². The molecule has 0 aliphatic heterocycles. The zero-order valence-electron chi connectivity index (χ0n) is 11.6. The molecule has 0 aromatic heterocycles. The summed E-state index contributed by atoms with van der Waals surface area (Å²) >= 11 is 4.49. The summed E-state index contributed by atoms with van der Waals surface area (Å²) in [5, 5.41) is 3.21. The number of carbonyl (C=O) groups excluding carboxylic acids is 1. The Morgan fingerprint density at radius 1 is 1.32 bits per heavy atom. The van der Waals surface area contributed by atoms with Gasteiger partial charge in [0.05, 0.1) is 6.04 Å². The monoisotopic (exact) mass is 277 g/mol. The highest BCUT2D eigenvalue weighted by molar-refractivity contribution is 7.80. The van der Waals surface area contributed by atoms with Gasteiger partial charge in [-0.25, -0.2) is 0 Å². The standard InChI is InChI=1S/C16H23NOS/c1-2-14(13-10-6-7-11-15(13)19)17-16(18)12-8-4-3-5-9-12/h6-7,10-12,14,19H,2-5,8-9H2,1H3,(H,17,18). The summed E-state index contributed by atoms with van der Waals surface area (Å²) in [5.41, 5.74) is 1.12. The summed E-state index contributed by atoms with van der Waals surface area (Å²) in [6.45, 7) is 2.10. The van der Waals surface area contributed by atoms with E-state index in [0.29, 0.717) is 0 Å². The van der Waals surface area contributed by atoms with Gasteiger partial charge < -0.3 is 5.32 Å².